The average Bonchev–Trinajstić information content (AvgIpc) is 3.48. The quantitative estimate of drug-likeness (QED) is 0.425. The minimum atomic E-state index is -1.32. The topological polar surface area (TPSA) is 102 Å². The summed E-state index contributed by atoms with van der Waals surface area (Å²) in [6, 6.07) is 6.35. The second-order valence-electron chi connectivity index (χ2n) is 13.4. The van der Waals surface area contributed by atoms with Crippen molar-refractivity contribution >= 4 is 28.9 Å². The molecule has 3 saturated carbocycles. The summed E-state index contributed by atoms with van der Waals surface area (Å²) in [5.74, 6) is -0.167. The van der Waals surface area contributed by atoms with E-state index in [9.17, 15) is 24.2 Å². The number of thioether (sulfide) groups is 1. The van der Waals surface area contributed by atoms with Gasteiger partial charge < -0.3 is 14.9 Å². The number of carbonyl (C=O) groups excluding carboxylic acids is 2. The van der Waals surface area contributed by atoms with Crippen LogP contribution in [-0.2, 0) is 20.7 Å². The number of allylic oxidation sites excluding steroid dienone is 1. The zero-order valence-electron chi connectivity index (χ0n) is 24.8. The highest BCUT2D eigenvalue weighted by Gasteiger charge is 2.70. The summed E-state index contributed by atoms with van der Waals surface area (Å²) in [7, 11) is 0. The van der Waals surface area contributed by atoms with E-state index in [1.807, 2.05) is 17.8 Å². The van der Waals surface area contributed by atoms with Crippen molar-refractivity contribution in [3.63, 3.8) is 0 Å². The molecule has 7 nitrogen and oxygen atoms in total. The number of carbonyl (C=O) groups is 2. The predicted octanol–water partition coefficient (Wildman–Crippen LogP) is 5.50. The number of aromatic nitrogens is 2. The fourth-order valence-electron chi connectivity index (χ4n) is 9.08. The monoisotopic (exact) mass is 596 g/mol. The maximum atomic E-state index is 13.9. The van der Waals surface area contributed by atoms with Gasteiger partial charge in [-0.25, -0.2) is 9.07 Å². The SMILES string of the molecule is CCC(=O)O[C@]1(C(=O)SCC(C)O)CC[C@H]2[C@@H]3CCC4=Cc5c(cnn5-c5ccc(F)cc5)C[C@]4(C)[C@H]3[C@@H](O)C[C@@]21C. The molecule has 1 aromatic heterocycles. The van der Waals surface area contributed by atoms with E-state index in [2.05, 4.69) is 18.1 Å². The first-order chi connectivity index (χ1) is 19.9. The standard InChI is InChI=1S/C33H41FN2O5S/c1-5-28(39)41-33(30(40)42-18-19(2)37)13-12-25-24-11-6-21-14-26-20(17-35-36(26)23-9-7-22(34)8-10-23)15-31(21,3)29(24)27(38)16-32(25,33)4/h7-10,14,17,19,24-25,27,29,37-38H,5-6,11-13,15-16,18H2,1-4H3/t19?,24-,25-,27-,29+,31-,32-,33-/m0/s1. The molecule has 8 atom stereocenters. The molecule has 0 aliphatic heterocycles. The minimum absolute atomic E-state index is 0.00390. The molecule has 2 aromatic rings. The molecule has 226 valence electrons. The summed E-state index contributed by atoms with van der Waals surface area (Å²) in [4.78, 5) is 26.6. The predicted molar refractivity (Wildman–Crippen MR) is 159 cm³/mol. The molecule has 0 saturated heterocycles. The van der Waals surface area contributed by atoms with Crippen molar-refractivity contribution in [2.45, 2.75) is 90.4 Å². The van der Waals surface area contributed by atoms with Gasteiger partial charge >= 0.3 is 5.97 Å². The number of hydrogen-bond acceptors (Lipinski definition) is 7. The zero-order chi connectivity index (χ0) is 30.0. The Morgan fingerprint density at radius 3 is 2.67 bits per heavy atom. The van der Waals surface area contributed by atoms with Gasteiger partial charge in [0.1, 0.15) is 5.82 Å². The number of aliphatic hydroxyl groups is 2. The van der Waals surface area contributed by atoms with Gasteiger partial charge in [0, 0.05) is 17.6 Å². The van der Waals surface area contributed by atoms with Crippen LogP contribution in [0.25, 0.3) is 11.8 Å². The van der Waals surface area contributed by atoms with E-state index in [-0.39, 0.29) is 46.3 Å². The highest BCUT2D eigenvalue weighted by Crippen LogP contribution is 2.69. The van der Waals surface area contributed by atoms with Crippen molar-refractivity contribution in [3.05, 3.63) is 53.1 Å². The summed E-state index contributed by atoms with van der Waals surface area (Å²) < 4.78 is 21.6. The van der Waals surface area contributed by atoms with Crippen molar-refractivity contribution in [2.24, 2.45) is 28.6 Å². The first kappa shape index (κ1) is 29.6. The number of rotatable bonds is 6. The van der Waals surface area contributed by atoms with Crippen molar-refractivity contribution < 1.29 is 28.9 Å². The van der Waals surface area contributed by atoms with E-state index in [0.29, 0.717) is 12.8 Å². The molecule has 1 aromatic carbocycles. The summed E-state index contributed by atoms with van der Waals surface area (Å²) in [6.07, 6.45) is 7.03. The van der Waals surface area contributed by atoms with Crippen molar-refractivity contribution in [1.82, 2.24) is 9.78 Å². The lowest BCUT2D eigenvalue weighted by Gasteiger charge is -2.60. The van der Waals surface area contributed by atoms with Crippen LogP contribution in [0.4, 0.5) is 4.39 Å². The number of hydrogen-bond donors (Lipinski definition) is 2. The number of ether oxygens (including phenoxy) is 1. The molecule has 0 amide bonds. The summed E-state index contributed by atoms with van der Waals surface area (Å²) >= 11 is 1.04. The Kier molecular flexibility index (Phi) is 7.46. The van der Waals surface area contributed by atoms with Crippen LogP contribution in [0.2, 0.25) is 0 Å². The largest absolute Gasteiger partial charge is 0.449 e. The lowest BCUT2D eigenvalue weighted by Crippen LogP contribution is -2.62. The van der Waals surface area contributed by atoms with E-state index >= 15 is 0 Å². The van der Waals surface area contributed by atoms with Gasteiger partial charge in [-0.15, -0.1) is 0 Å². The Hall–Kier alpha value is -2.49. The van der Waals surface area contributed by atoms with E-state index in [1.54, 1.807) is 26.0 Å². The van der Waals surface area contributed by atoms with Crippen LogP contribution in [0, 0.1) is 34.4 Å². The molecule has 4 aliphatic carbocycles. The molecule has 4 aliphatic rings. The van der Waals surface area contributed by atoms with Gasteiger partial charge in [0.05, 0.1) is 29.8 Å². The third kappa shape index (κ3) is 4.41. The molecule has 42 heavy (non-hydrogen) atoms. The van der Waals surface area contributed by atoms with Crippen LogP contribution in [0.1, 0.15) is 77.5 Å². The number of aliphatic hydroxyl groups excluding tert-OH is 2. The maximum Gasteiger partial charge on any atom is 0.306 e. The molecule has 6 rings (SSSR count). The average molecular weight is 597 g/mol. The highest BCUT2D eigenvalue weighted by molar-refractivity contribution is 8.13. The molecule has 2 N–H and O–H groups in total. The number of esters is 1. The fraction of sp³-hybridized carbons (Fsp3) is 0.606. The lowest BCUT2D eigenvalue weighted by atomic mass is 9.45. The van der Waals surface area contributed by atoms with Crippen LogP contribution in [0.15, 0.2) is 36.0 Å². The summed E-state index contributed by atoms with van der Waals surface area (Å²) in [5, 5.41) is 26.4. The maximum absolute atomic E-state index is 13.9. The number of benzene rings is 1. The van der Waals surface area contributed by atoms with Crippen LogP contribution >= 0.6 is 11.8 Å². The zero-order valence-corrected chi connectivity index (χ0v) is 25.6. The first-order valence-corrected chi connectivity index (χ1v) is 16.2. The Morgan fingerprint density at radius 1 is 1.24 bits per heavy atom. The number of nitrogens with zero attached hydrogens (tertiary/aromatic N) is 2. The van der Waals surface area contributed by atoms with Gasteiger partial charge in [0.15, 0.2) is 5.60 Å². The molecule has 0 radical (unpaired) electrons. The van der Waals surface area contributed by atoms with Gasteiger partial charge in [-0.05, 0) is 105 Å². The molecule has 0 spiro atoms. The smallest absolute Gasteiger partial charge is 0.306 e. The van der Waals surface area contributed by atoms with Gasteiger partial charge in [0.25, 0.3) is 0 Å². The normalized spacial score (nSPS) is 35.7. The van der Waals surface area contributed by atoms with E-state index < -0.39 is 29.2 Å². The molecule has 0 bridgehead atoms. The Morgan fingerprint density at radius 2 is 1.98 bits per heavy atom. The van der Waals surface area contributed by atoms with Crippen LogP contribution in [-0.4, -0.2) is 54.6 Å². The second-order valence-corrected chi connectivity index (χ2v) is 14.4. The second kappa shape index (κ2) is 10.6. The number of halogens is 1. The van der Waals surface area contributed by atoms with E-state index in [4.69, 9.17) is 4.74 Å². The van der Waals surface area contributed by atoms with Gasteiger partial charge in [-0.3, -0.25) is 9.59 Å². The van der Waals surface area contributed by atoms with Crippen molar-refractivity contribution in [3.8, 4) is 5.69 Å². The minimum Gasteiger partial charge on any atom is -0.449 e. The Bertz CT molecular complexity index is 1420. The third-order valence-corrected chi connectivity index (χ3v) is 12.2. The molecule has 1 unspecified atom stereocenters. The van der Waals surface area contributed by atoms with Gasteiger partial charge in [-0.1, -0.05) is 38.1 Å². The van der Waals surface area contributed by atoms with Crippen molar-refractivity contribution in [1.29, 1.82) is 0 Å². The van der Waals surface area contributed by atoms with Crippen LogP contribution in [0.5, 0.6) is 0 Å². The first-order valence-electron chi connectivity index (χ1n) is 15.2. The summed E-state index contributed by atoms with van der Waals surface area (Å²) in [6.45, 7) is 7.69. The molecule has 9 heteroatoms. The Balaban J connectivity index is 1.34. The van der Waals surface area contributed by atoms with Crippen LogP contribution in [0.3, 0.4) is 0 Å². The Labute approximate surface area is 250 Å². The molecule has 3 fully saturated rings. The summed E-state index contributed by atoms with van der Waals surface area (Å²) in [5.41, 5.74) is 1.93. The number of fused-ring (bicyclic) bond motifs is 6. The van der Waals surface area contributed by atoms with Crippen LogP contribution < -0.4 is 0 Å². The van der Waals surface area contributed by atoms with Gasteiger partial charge in [0.2, 0.25) is 5.12 Å². The van der Waals surface area contributed by atoms with E-state index in [1.165, 1.54) is 17.7 Å². The molecular weight excluding hydrogens is 555 g/mol. The fourth-order valence-corrected chi connectivity index (χ4v) is 10.1. The highest BCUT2D eigenvalue weighted by atomic mass is 32.2. The molecular formula is C33H41FN2O5S. The van der Waals surface area contributed by atoms with E-state index in [0.717, 1.165) is 54.4 Å². The molecule has 1 heterocycles. The lowest BCUT2D eigenvalue weighted by molar-refractivity contribution is -0.196. The third-order valence-electron chi connectivity index (χ3n) is 11.0. The van der Waals surface area contributed by atoms with Crippen molar-refractivity contribution in [2.75, 3.05) is 5.75 Å². The van der Waals surface area contributed by atoms with Gasteiger partial charge in [-0.2, -0.15) is 5.10 Å².